The van der Waals surface area contributed by atoms with Gasteiger partial charge in [0.05, 0.1) is 6.20 Å². The summed E-state index contributed by atoms with van der Waals surface area (Å²) >= 11 is 0. The third kappa shape index (κ3) is 2.71. The zero-order chi connectivity index (χ0) is 11.4. The predicted octanol–water partition coefficient (Wildman–Crippen LogP) is 3.10. The van der Waals surface area contributed by atoms with Crippen LogP contribution in [0.2, 0.25) is 0 Å². The number of anilines is 1. The number of hydrogen-bond acceptors (Lipinski definition) is 3. The molecule has 1 aromatic rings. The molecule has 1 heterocycles. The zero-order valence-corrected chi connectivity index (χ0v) is 10.2. The van der Waals surface area contributed by atoms with E-state index >= 15 is 0 Å². The maximum absolute atomic E-state index is 4.29. The van der Waals surface area contributed by atoms with Crippen LogP contribution in [0.5, 0.6) is 0 Å². The van der Waals surface area contributed by atoms with E-state index in [1.165, 1.54) is 25.7 Å². The van der Waals surface area contributed by atoms with Crippen molar-refractivity contribution in [3.05, 3.63) is 18.6 Å². The van der Waals surface area contributed by atoms with Gasteiger partial charge in [-0.25, -0.2) is 4.98 Å². The molecule has 88 valence electrons. The topological polar surface area (TPSA) is 37.8 Å². The first kappa shape index (κ1) is 11.4. The van der Waals surface area contributed by atoms with Crippen LogP contribution in [0, 0.1) is 11.8 Å². The second-order valence-corrected chi connectivity index (χ2v) is 5.03. The number of aromatic nitrogens is 2. The minimum absolute atomic E-state index is 0.574. The highest BCUT2D eigenvalue weighted by Crippen LogP contribution is 2.31. The third-order valence-electron chi connectivity index (χ3n) is 3.57. The zero-order valence-electron chi connectivity index (χ0n) is 10.2. The summed E-state index contributed by atoms with van der Waals surface area (Å²) in [6, 6.07) is 0.574. The molecule has 16 heavy (non-hydrogen) atoms. The molecule has 1 aliphatic rings. The van der Waals surface area contributed by atoms with Crippen LogP contribution in [0.15, 0.2) is 18.6 Å². The summed E-state index contributed by atoms with van der Waals surface area (Å²) in [6.07, 6.45) is 10.6. The van der Waals surface area contributed by atoms with Crippen LogP contribution in [0.25, 0.3) is 0 Å². The van der Waals surface area contributed by atoms with Gasteiger partial charge in [0, 0.05) is 18.4 Å². The molecule has 0 radical (unpaired) electrons. The normalized spacial score (nSPS) is 25.7. The van der Waals surface area contributed by atoms with E-state index in [0.717, 1.165) is 17.7 Å². The van der Waals surface area contributed by atoms with Crippen LogP contribution >= 0.6 is 0 Å². The van der Waals surface area contributed by atoms with Gasteiger partial charge in [0.1, 0.15) is 5.82 Å². The number of rotatable bonds is 3. The van der Waals surface area contributed by atoms with Gasteiger partial charge in [-0.2, -0.15) is 0 Å². The molecule has 1 saturated carbocycles. The fourth-order valence-electron chi connectivity index (χ4n) is 2.70. The quantitative estimate of drug-likeness (QED) is 0.848. The average Bonchev–Trinajstić information content (AvgIpc) is 2.31. The maximum Gasteiger partial charge on any atom is 0.144 e. The van der Waals surface area contributed by atoms with Crippen molar-refractivity contribution in [2.24, 2.45) is 11.8 Å². The molecular formula is C13H21N3. The van der Waals surface area contributed by atoms with Crippen LogP contribution in [-0.4, -0.2) is 16.0 Å². The molecule has 3 heteroatoms. The molecule has 1 aromatic heterocycles. The molecule has 1 aliphatic carbocycles. The largest absolute Gasteiger partial charge is 0.366 e. The summed E-state index contributed by atoms with van der Waals surface area (Å²) in [4.78, 5) is 8.39. The Kier molecular flexibility index (Phi) is 3.75. The second kappa shape index (κ2) is 5.28. The first-order valence-electron chi connectivity index (χ1n) is 6.30. The van der Waals surface area contributed by atoms with E-state index in [1.54, 1.807) is 12.4 Å². The number of nitrogens with zero attached hydrogens (tertiary/aromatic N) is 2. The third-order valence-corrected chi connectivity index (χ3v) is 3.57. The molecule has 0 aromatic carbocycles. The van der Waals surface area contributed by atoms with Gasteiger partial charge in [0.15, 0.2) is 0 Å². The molecule has 2 unspecified atom stereocenters. The van der Waals surface area contributed by atoms with Gasteiger partial charge in [0.2, 0.25) is 0 Å². The van der Waals surface area contributed by atoms with Crippen molar-refractivity contribution in [3.63, 3.8) is 0 Å². The highest BCUT2D eigenvalue weighted by atomic mass is 15.0. The number of nitrogens with one attached hydrogen (secondary N) is 1. The molecule has 2 atom stereocenters. The molecule has 0 spiro atoms. The summed E-state index contributed by atoms with van der Waals surface area (Å²) in [7, 11) is 0. The average molecular weight is 219 g/mol. The monoisotopic (exact) mass is 219 g/mol. The van der Waals surface area contributed by atoms with Gasteiger partial charge >= 0.3 is 0 Å². The van der Waals surface area contributed by atoms with E-state index in [2.05, 4.69) is 29.1 Å². The summed E-state index contributed by atoms with van der Waals surface area (Å²) in [5, 5.41) is 3.54. The van der Waals surface area contributed by atoms with Crippen LogP contribution in [0.1, 0.15) is 39.5 Å². The van der Waals surface area contributed by atoms with Crippen LogP contribution in [0.3, 0.4) is 0 Å². The fourth-order valence-corrected chi connectivity index (χ4v) is 2.70. The fraction of sp³-hybridized carbons (Fsp3) is 0.692. The Morgan fingerprint density at radius 2 is 2.06 bits per heavy atom. The minimum Gasteiger partial charge on any atom is -0.366 e. The molecule has 1 fully saturated rings. The van der Waals surface area contributed by atoms with E-state index in [-0.39, 0.29) is 0 Å². The first-order valence-corrected chi connectivity index (χ1v) is 6.30. The molecule has 1 N–H and O–H groups in total. The van der Waals surface area contributed by atoms with Crippen molar-refractivity contribution >= 4 is 5.82 Å². The van der Waals surface area contributed by atoms with Gasteiger partial charge in [-0.15, -0.1) is 0 Å². The summed E-state index contributed by atoms with van der Waals surface area (Å²) in [5.41, 5.74) is 0. The van der Waals surface area contributed by atoms with Crippen molar-refractivity contribution in [2.75, 3.05) is 5.32 Å². The Morgan fingerprint density at radius 3 is 2.75 bits per heavy atom. The van der Waals surface area contributed by atoms with Gasteiger partial charge in [0.25, 0.3) is 0 Å². The predicted molar refractivity (Wildman–Crippen MR) is 66.2 cm³/mol. The lowest BCUT2D eigenvalue weighted by molar-refractivity contribution is 0.253. The summed E-state index contributed by atoms with van der Waals surface area (Å²) in [5.74, 6) is 2.44. The lowest BCUT2D eigenvalue weighted by atomic mass is 9.78. The maximum atomic E-state index is 4.29. The van der Waals surface area contributed by atoms with Crippen molar-refractivity contribution in [1.29, 1.82) is 0 Å². The highest BCUT2D eigenvalue weighted by Gasteiger charge is 2.27. The van der Waals surface area contributed by atoms with Crippen molar-refractivity contribution in [1.82, 2.24) is 9.97 Å². The Hall–Kier alpha value is -1.12. The standard InChI is InChI=1S/C13H21N3/c1-10(2)11-5-3-4-6-12(11)16-13-9-14-7-8-15-13/h7-12H,3-6H2,1-2H3,(H,15,16). The molecule has 0 saturated heterocycles. The van der Waals surface area contributed by atoms with Crippen molar-refractivity contribution in [2.45, 2.75) is 45.6 Å². The van der Waals surface area contributed by atoms with E-state index in [1.807, 2.05) is 6.20 Å². The Morgan fingerprint density at radius 1 is 1.25 bits per heavy atom. The summed E-state index contributed by atoms with van der Waals surface area (Å²) < 4.78 is 0. The Balaban J connectivity index is 2.01. The molecule has 2 rings (SSSR count). The minimum atomic E-state index is 0.574. The second-order valence-electron chi connectivity index (χ2n) is 5.03. The van der Waals surface area contributed by atoms with Gasteiger partial charge in [-0.1, -0.05) is 26.7 Å². The molecule has 0 amide bonds. The molecule has 0 aliphatic heterocycles. The SMILES string of the molecule is CC(C)C1CCCCC1Nc1cnccn1. The first-order chi connectivity index (χ1) is 7.77. The van der Waals surface area contributed by atoms with Gasteiger partial charge in [-0.05, 0) is 24.7 Å². The van der Waals surface area contributed by atoms with E-state index in [4.69, 9.17) is 0 Å². The lowest BCUT2D eigenvalue weighted by Crippen LogP contribution is -2.35. The summed E-state index contributed by atoms with van der Waals surface area (Å²) in [6.45, 7) is 4.64. The van der Waals surface area contributed by atoms with E-state index in [0.29, 0.717) is 6.04 Å². The Labute approximate surface area is 97.7 Å². The van der Waals surface area contributed by atoms with Crippen LogP contribution in [-0.2, 0) is 0 Å². The van der Waals surface area contributed by atoms with Gasteiger partial charge < -0.3 is 5.32 Å². The molecule has 0 bridgehead atoms. The molecule has 3 nitrogen and oxygen atoms in total. The van der Waals surface area contributed by atoms with Crippen LogP contribution in [0.4, 0.5) is 5.82 Å². The lowest BCUT2D eigenvalue weighted by Gasteiger charge is -2.35. The smallest absolute Gasteiger partial charge is 0.144 e. The van der Waals surface area contributed by atoms with E-state index in [9.17, 15) is 0 Å². The molecular weight excluding hydrogens is 198 g/mol. The van der Waals surface area contributed by atoms with Crippen LogP contribution < -0.4 is 5.32 Å². The van der Waals surface area contributed by atoms with Gasteiger partial charge in [-0.3, -0.25) is 4.98 Å². The van der Waals surface area contributed by atoms with E-state index < -0.39 is 0 Å². The Bertz CT molecular complexity index is 310. The number of hydrogen-bond donors (Lipinski definition) is 1. The van der Waals surface area contributed by atoms with Crippen molar-refractivity contribution < 1.29 is 0 Å². The van der Waals surface area contributed by atoms with Crippen molar-refractivity contribution in [3.8, 4) is 0 Å². The highest BCUT2D eigenvalue weighted by molar-refractivity contribution is 5.31.